The number of carbonyl (C=O) groups is 1. The smallest absolute Gasteiger partial charge is 0.221 e. The van der Waals surface area contributed by atoms with Crippen LogP contribution >= 0.6 is 35.6 Å². The SMILES string of the molecule is CCNC(=NCc1cccc(Cl)c1)NCCc1ccc(NC(C)=O)cc1.I. The van der Waals surface area contributed by atoms with Crippen LogP contribution in [0.25, 0.3) is 0 Å². The van der Waals surface area contributed by atoms with Crippen molar-refractivity contribution < 1.29 is 4.79 Å². The van der Waals surface area contributed by atoms with E-state index < -0.39 is 0 Å². The highest BCUT2D eigenvalue weighted by Gasteiger charge is 2.00. The number of anilines is 1. The first-order valence-corrected chi connectivity index (χ1v) is 9.07. The van der Waals surface area contributed by atoms with Crippen LogP contribution in [-0.4, -0.2) is 25.0 Å². The monoisotopic (exact) mass is 500 g/mol. The molecule has 1 amide bonds. The summed E-state index contributed by atoms with van der Waals surface area (Å²) in [6, 6.07) is 15.6. The van der Waals surface area contributed by atoms with Gasteiger partial charge in [-0.3, -0.25) is 4.79 Å². The number of aliphatic imine (C=N–C) groups is 1. The Balaban J connectivity index is 0.00000364. The quantitative estimate of drug-likeness (QED) is 0.303. The van der Waals surface area contributed by atoms with Gasteiger partial charge in [0.1, 0.15) is 0 Å². The summed E-state index contributed by atoms with van der Waals surface area (Å²) in [5, 5.41) is 10.1. The van der Waals surface area contributed by atoms with Crippen LogP contribution in [0.5, 0.6) is 0 Å². The number of hydrogen-bond donors (Lipinski definition) is 3. The summed E-state index contributed by atoms with van der Waals surface area (Å²) in [6.07, 6.45) is 0.863. The molecule has 2 rings (SSSR count). The summed E-state index contributed by atoms with van der Waals surface area (Å²) in [5.41, 5.74) is 3.08. The summed E-state index contributed by atoms with van der Waals surface area (Å²) >= 11 is 6.01. The van der Waals surface area contributed by atoms with Crippen molar-refractivity contribution in [2.75, 3.05) is 18.4 Å². The Bertz CT molecular complexity index is 750. The Hall–Kier alpha value is -1.80. The van der Waals surface area contributed by atoms with Gasteiger partial charge in [0, 0.05) is 30.7 Å². The van der Waals surface area contributed by atoms with Crippen LogP contribution in [0.15, 0.2) is 53.5 Å². The normalized spacial score (nSPS) is 10.7. The first-order chi connectivity index (χ1) is 12.6. The topological polar surface area (TPSA) is 65.5 Å². The average molecular weight is 501 g/mol. The van der Waals surface area contributed by atoms with Crippen molar-refractivity contribution in [3.63, 3.8) is 0 Å². The maximum Gasteiger partial charge on any atom is 0.221 e. The van der Waals surface area contributed by atoms with Gasteiger partial charge in [-0.2, -0.15) is 0 Å². The number of halogens is 2. The van der Waals surface area contributed by atoms with E-state index in [2.05, 4.69) is 20.9 Å². The van der Waals surface area contributed by atoms with E-state index in [1.807, 2.05) is 55.5 Å². The molecule has 0 heterocycles. The molecule has 5 nitrogen and oxygen atoms in total. The second kappa shape index (κ2) is 12.6. The van der Waals surface area contributed by atoms with Crippen molar-refractivity contribution in [3.8, 4) is 0 Å². The van der Waals surface area contributed by atoms with E-state index in [9.17, 15) is 4.79 Å². The van der Waals surface area contributed by atoms with E-state index in [4.69, 9.17) is 11.6 Å². The van der Waals surface area contributed by atoms with Crippen LogP contribution in [0.1, 0.15) is 25.0 Å². The number of nitrogens with one attached hydrogen (secondary N) is 3. The van der Waals surface area contributed by atoms with E-state index in [-0.39, 0.29) is 29.9 Å². The van der Waals surface area contributed by atoms with Crippen molar-refractivity contribution in [2.45, 2.75) is 26.8 Å². The fourth-order valence-corrected chi connectivity index (χ4v) is 2.64. The summed E-state index contributed by atoms with van der Waals surface area (Å²) in [4.78, 5) is 15.6. The van der Waals surface area contributed by atoms with E-state index in [0.717, 1.165) is 41.7 Å². The van der Waals surface area contributed by atoms with Gasteiger partial charge in [0.2, 0.25) is 5.91 Å². The van der Waals surface area contributed by atoms with Gasteiger partial charge in [0.15, 0.2) is 5.96 Å². The number of hydrogen-bond acceptors (Lipinski definition) is 2. The molecule has 7 heteroatoms. The molecule has 0 bridgehead atoms. The molecule has 0 aliphatic rings. The molecule has 0 atom stereocenters. The molecule has 0 radical (unpaired) electrons. The summed E-state index contributed by atoms with van der Waals surface area (Å²) in [7, 11) is 0. The summed E-state index contributed by atoms with van der Waals surface area (Å²) in [5.74, 6) is 0.716. The molecule has 0 aromatic heterocycles. The van der Waals surface area contributed by atoms with Crippen molar-refractivity contribution >= 4 is 53.1 Å². The number of rotatable bonds is 7. The lowest BCUT2D eigenvalue weighted by atomic mass is 10.1. The molecule has 0 saturated heterocycles. The molecule has 27 heavy (non-hydrogen) atoms. The summed E-state index contributed by atoms with van der Waals surface area (Å²) < 4.78 is 0. The number of carbonyl (C=O) groups excluding carboxylic acids is 1. The number of guanidine groups is 1. The molecule has 0 saturated carbocycles. The van der Waals surface area contributed by atoms with E-state index in [1.165, 1.54) is 12.5 Å². The fourth-order valence-electron chi connectivity index (χ4n) is 2.43. The molecule has 2 aromatic rings. The van der Waals surface area contributed by atoms with Crippen LogP contribution < -0.4 is 16.0 Å². The van der Waals surface area contributed by atoms with Crippen molar-refractivity contribution in [1.29, 1.82) is 0 Å². The minimum Gasteiger partial charge on any atom is -0.357 e. The maximum atomic E-state index is 11.0. The number of amides is 1. The van der Waals surface area contributed by atoms with Gasteiger partial charge in [-0.05, 0) is 48.7 Å². The molecule has 0 fully saturated rings. The average Bonchev–Trinajstić information content (AvgIpc) is 2.61. The highest BCUT2D eigenvalue weighted by molar-refractivity contribution is 14.0. The third kappa shape index (κ3) is 9.10. The second-order valence-electron chi connectivity index (χ2n) is 5.88. The molecular weight excluding hydrogens is 475 g/mol. The first-order valence-electron chi connectivity index (χ1n) is 8.70. The van der Waals surface area contributed by atoms with E-state index in [1.54, 1.807) is 0 Å². The predicted molar refractivity (Wildman–Crippen MR) is 124 cm³/mol. The molecular formula is C20H26ClIN4O. The molecule has 0 spiro atoms. The Kier molecular flexibility index (Phi) is 10.8. The van der Waals surface area contributed by atoms with Gasteiger partial charge >= 0.3 is 0 Å². The lowest BCUT2D eigenvalue weighted by Crippen LogP contribution is -2.38. The largest absolute Gasteiger partial charge is 0.357 e. The number of nitrogens with zero attached hydrogens (tertiary/aromatic N) is 1. The minimum absolute atomic E-state index is 0. The number of benzene rings is 2. The zero-order valence-electron chi connectivity index (χ0n) is 15.6. The van der Waals surface area contributed by atoms with Gasteiger partial charge < -0.3 is 16.0 Å². The molecule has 0 aliphatic heterocycles. The van der Waals surface area contributed by atoms with Crippen LogP contribution in [0.3, 0.4) is 0 Å². The molecule has 146 valence electrons. The summed E-state index contributed by atoms with van der Waals surface area (Å²) in [6.45, 7) is 5.68. The standard InChI is InChI=1S/C20H25ClN4O.HI/c1-3-22-20(24-14-17-5-4-6-18(21)13-17)23-12-11-16-7-9-19(10-8-16)25-15(2)26;/h4-10,13H,3,11-12,14H2,1-2H3,(H,25,26)(H2,22,23,24);1H. The highest BCUT2D eigenvalue weighted by Crippen LogP contribution is 2.11. The Morgan fingerprint density at radius 2 is 1.81 bits per heavy atom. The van der Waals surface area contributed by atoms with Gasteiger partial charge in [-0.15, -0.1) is 24.0 Å². The van der Waals surface area contributed by atoms with Gasteiger partial charge in [0.25, 0.3) is 0 Å². The van der Waals surface area contributed by atoms with Gasteiger partial charge in [-0.1, -0.05) is 35.9 Å². The van der Waals surface area contributed by atoms with Crippen LogP contribution in [-0.2, 0) is 17.8 Å². The Labute approximate surface area is 183 Å². The predicted octanol–water partition coefficient (Wildman–Crippen LogP) is 4.21. The van der Waals surface area contributed by atoms with E-state index in [0.29, 0.717) is 6.54 Å². The van der Waals surface area contributed by atoms with Crippen molar-refractivity contribution in [3.05, 3.63) is 64.7 Å². The van der Waals surface area contributed by atoms with Crippen molar-refractivity contribution in [2.24, 2.45) is 4.99 Å². The molecule has 0 aliphatic carbocycles. The second-order valence-corrected chi connectivity index (χ2v) is 6.32. The minimum atomic E-state index is -0.0642. The first kappa shape index (κ1) is 23.2. The van der Waals surface area contributed by atoms with E-state index >= 15 is 0 Å². The Morgan fingerprint density at radius 3 is 2.44 bits per heavy atom. The zero-order valence-corrected chi connectivity index (χ0v) is 18.7. The lowest BCUT2D eigenvalue weighted by Gasteiger charge is -2.11. The highest BCUT2D eigenvalue weighted by atomic mass is 127. The van der Waals surface area contributed by atoms with Crippen molar-refractivity contribution in [1.82, 2.24) is 10.6 Å². The van der Waals surface area contributed by atoms with Crippen LogP contribution in [0.4, 0.5) is 5.69 Å². The lowest BCUT2D eigenvalue weighted by molar-refractivity contribution is -0.114. The maximum absolute atomic E-state index is 11.0. The van der Waals surface area contributed by atoms with Crippen LogP contribution in [0.2, 0.25) is 5.02 Å². The molecule has 3 N–H and O–H groups in total. The van der Waals surface area contributed by atoms with Crippen LogP contribution in [0, 0.1) is 0 Å². The van der Waals surface area contributed by atoms with Gasteiger partial charge in [-0.25, -0.2) is 4.99 Å². The zero-order chi connectivity index (χ0) is 18.8. The molecule has 2 aromatic carbocycles. The third-order valence-corrected chi connectivity index (χ3v) is 3.87. The Morgan fingerprint density at radius 1 is 1.07 bits per heavy atom. The third-order valence-electron chi connectivity index (χ3n) is 3.63. The molecule has 0 unspecified atom stereocenters. The fraction of sp³-hybridized carbons (Fsp3) is 0.300. The van der Waals surface area contributed by atoms with Gasteiger partial charge in [0.05, 0.1) is 6.54 Å².